The van der Waals surface area contributed by atoms with Crippen molar-refractivity contribution in [2.24, 2.45) is 11.8 Å². The number of hydrogen-bond donors (Lipinski definition) is 1. The van der Waals surface area contributed by atoms with Crippen molar-refractivity contribution in [1.29, 1.82) is 0 Å². The predicted molar refractivity (Wildman–Crippen MR) is 53.0 cm³/mol. The van der Waals surface area contributed by atoms with Crippen LogP contribution in [0.4, 0.5) is 0 Å². The van der Waals surface area contributed by atoms with Crippen molar-refractivity contribution >= 4 is 30.2 Å². The lowest BCUT2D eigenvalue weighted by Crippen LogP contribution is -2.15. The average molecular weight is 174 g/mol. The Hall–Kier alpha value is 0.440. The van der Waals surface area contributed by atoms with E-state index in [4.69, 9.17) is 12.2 Å². The third kappa shape index (κ3) is 2.24. The number of hydrogen-bond acceptors (Lipinski definition) is 2. The van der Waals surface area contributed by atoms with E-state index in [0.717, 1.165) is 17.6 Å². The minimum atomic E-state index is 0.728. The second-order valence-electron chi connectivity index (χ2n) is 3.10. The first kappa shape index (κ1) is 8.54. The van der Waals surface area contributed by atoms with Gasteiger partial charge >= 0.3 is 0 Å². The van der Waals surface area contributed by atoms with E-state index in [0.29, 0.717) is 0 Å². The summed E-state index contributed by atoms with van der Waals surface area (Å²) >= 11 is 9.19. The van der Waals surface area contributed by atoms with Gasteiger partial charge in [-0.05, 0) is 48.6 Å². The predicted octanol–water partition coefficient (Wildman–Crippen LogP) is 2.72. The third-order valence-corrected chi connectivity index (χ3v) is 3.24. The molecule has 0 heterocycles. The quantitative estimate of drug-likeness (QED) is 0.496. The molecule has 1 aliphatic rings. The van der Waals surface area contributed by atoms with Crippen LogP contribution >= 0.6 is 24.8 Å². The molecule has 1 saturated carbocycles. The van der Waals surface area contributed by atoms with E-state index in [2.05, 4.69) is 12.6 Å². The number of thiocarbonyl (C=S) groups is 1. The van der Waals surface area contributed by atoms with Gasteiger partial charge < -0.3 is 0 Å². The summed E-state index contributed by atoms with van der Waals surface area (Å²) in [4.78, 5) is 0. The van der Waals surface area contributed by atoms with Crippen LogP contribution in [0.5, 0.6) is 0 Å². The maximum absolute atomic E-state index is 4.90. The molecule has 0 unspecified atom stereocenters. The van der Waals surface area contributed by atoms with Crippen molar-refractivity contribution in [2.45, 2.75) is 25.7 Å². The molecule has 0 aromatic carbocycles. The van der Waals surface area contributed by atoms with Crippen molar-refractivity contribution in [3.05, 3.63) is 0 Å². The van der Waals surface area contributed by atoms with Crippen LogP contribution in [0.2, 0.25) is 0 Å². The number of rotatable bonds is 2. The molecule has 1 fully saturated rings. The molecule has 1 aliphatic carbocycles. The first-order valence-corrected chi connectivity index (χ1v) is 5.03. The molecule has 2 heteroatoms. The van der Waals surface area contributed by atoms with Gasteiger partial charge in [0.2, 0.25) is 0 Å². The van der Waals surface area contributed by atoms with Gasteiger partial charge in [-0.15, -0.1) is 0 Å². The van der Waals surface area contributed by atoms with Crippen molar-refractivity contribution in [3.8, 4) is 0 Å². The second kappa shape index (κ2) is 4.35. The molecular weight excluding hydrogens is 160 g/mol. The van der Waals surface area contributed by atoms with Gasteiger partial charge in [0.1, 0.15) is 0 Å². The fourth-order valence-corrected chi connectivity index (χ4v) is 2.14. The fraction of sp³-hybridized carbons (Fsp3) is 0.875. The van der Waals surface area contributed by atoms with Crippen LogP contribution in [-0.2, 0) is 0 Å². The highest BCUT2D eigenvalue weighted by molar-refractivity contribution is 7.80. The summed E-state index contributed by atoms with van der Waals surface area (Å²) in [7, 11) is 0. The molecule has 0 saturated heterocycles. The van der Waals surface area contributed by atoms with E-state index >= 15 is 0 Å². The zero-order valence-corrected chi connectivity index (χ0v) is 7.83. The topological polar surface area (TPSA) is 0 Å². The molecule has 1 rings (SSSR count). The molecule has 58 valence electrons. The molecule has 0 radical (unpaired) electrons. The molecule has 0 N–H and O–H groups in total. The zero-order valence-electron chi connectivity index (χ0n) is 6.12. The zero-order chi connectivity index (χ0) is 7.40. The molecule has 0 nitrogen and oxygen atoms in total. The van der Waals surface area contributed by atoms with Gasteiger partial charge in [0.25, 0.3) is 0 Å². The summed E-state index contributed by atoms with van der Waals surface area (Å²) < 4.78 is 0. The highest BCUT2D eigenvalue weighted by Crippen LogP contribution is 2.28. The van der Waals surface area contributed by atoms with E-state index in [1.807, 2.05) is 5.37 Å². The van der Waals surface area contributed by atoms with Crippen molar-refractivity contribution in [3.63, 3.8) is 0 Å². The monoisotopic (exact) mass is 174 g/mol. The van der Waals surface area contributed by atoms with Crippen LogP contribution in [0, 0.1) is 11.8 Å². The Labute approximate surface area is 73.8 Å². The second-order valence-corrected chi connectivity index (χ2v) is 3.74. The van der Waals surface area contributed by atoms with Gasteiger partial charge in [-0.2, -0.15) is 12.6 Å². The SMILES string of the molecule is S=C[C@H]1CC[C@H](CS)CC1. The first-order chi connectivity index (χ1) is 4.86. The van der Waals surface area contributed by atoms with E-state index < -0.39 is 0 Å². The normalized spacial score (nSPS) is 33.7. The Morgan fingerprint density at radius 2 is 1.90 bits per heavy atom. The molecule has 0 aliphatic heterocycles. The standard InChI is InChI=1S/C8H14S2/c9-5-7-1-2-8(6-10)4-3-7/h5,7-8,10H,1-4,6H2/t7-,8-. The average Bonchev–Trinajstić information content (AvgIpc) is 2.05. The van der Waals surface area contributed by atoms with Gasteiger partial charge in [0.15, 0.2) is 0 Å². The Bertz CT molecular complexity index is 104. The summed E-state index contributed by atoms with van der Waals surface area (Å²) in [6.45, 7) is 0. The Morgan fingerprint density at radius 3 is 2.30 bits per heavy atom. The van der Waals surface area contributed by atoms with Crippen molar-refractivity contribution in [2.75, 3.05) is 5.75 Å². The van der Waals surface area contributed by atoms with Crippen LogP contribution in [0.1, 0.15) is 25.7 Å². The van der Waals surface area contributed by atoms with Gasteiger partial charge in [-0.3, -0.25) is 0 Å². The van der Waals surface area contributed by atoms with Crippen LogP contribution in [0.3, 0.4) is 0 Å². The van der Waals surface area contributed by atoms with Crippen LogP contribution < -0.4 is 0 Å². The molecule has 0 aromatic rings. The Kier molecular flexibility index (Phi) is 3.71. The van der Waals surface area contributed by atoms with Gasteiger partial charge in [0.05, 0.1) is 0 Å². The van der Waals surface area contributed by atoms with Crippen molar-refractivity contribution < 1.29 is 0 Å². The minimum absolute atomic E-state index is 0.728. The van der Waals surface area contributed by atoms with Crippen LogP contribution in [0.15, 0.2) is 0 Å². The summed E-state index contributed by atoms with van der Waals surface area (Å²) in [6, 6.07) is 0. The molecule has 0 amide bonds. The summed E-state index contributed by atoms with van der Waals surface area (Å²) in [6.07, 6.45) is 5.27. The van der Waals surface area contributed by atoms with E-state index in [-0.39, 0.29) is 0 Å². The molecular formula is C8H14S2. The molecule has 0 aromatic heterocycles. The fourth-order valence-electron chi connectivity index (χ4n) is 1.51. The Balaban J connectivity index is 2.23. The molecule has 0 bridgehead atoms. The smallest absolute Gasteiger partial charge is 0.00695 e. The highest BCUT2D eigenvalue weighted by atomic mass is 32.1. The maximum atomic E-state index is 4.90. The highest BCUT2D eigenvalue weighted by Gasteiger charge is 2.17. The Morgan fingerprint density at radius 1 is 1.30 bits per heavy atom. The molecule has 0 atom stereocenters. The lowest BCUT2D eigenvalue weighted by atomic mass is 9.84. The molecule has 0 spiro atoms. The van der Waals surface area contributed by atoms with Crippen LogP contribution in [-0.4, -0.2) is 11.1 Å². The summed E-state index contributed by atoms with van der Waals surface area (Å²) in [5, 5.41) is 1.94. The van der Waals surface area contributed by atoms with E-state index in [9.17, 15) is 0 Å². The van der Waals surface area contributed by atoms with E-state index in [1.54, 1.807) is 0 Å². The lowest BCUT2D eigenvalue weighted by Gasteiger charge is -2.24. The van der Waals surface area contributed by atoms with Crippen LogP contribution in [0.25, 0.3) is 0 Å². The number of thiol groups is 1. The first-order valence-electron chi connectivity index (χ1n) is 3.93. The minimum Gasteiger partial charge on any atom is -0.179 e. The third-order valence-electron chi connectivity index (χ3n) is 2.34. The molecule has 10 heavy (non-hydrogen) atoms. The van der Waals surface area contributed by atoms with E-state index in [1.165, 1.54) is 25.7 Å². The largest absolute Gasteiger partial charge is 0.179 e. The maximum Gasteiger partial charge on any atom is -0.00695 e. The lowest BCUT2D eigenvalue weighted by molar-refractivity contribution is 0.354. The van der Waals surface area contributed by atoms with Gasteiger partial charge in [-0.25, -0.2) is 0 Å². The summed E-state index contributed by atoms with van der Waals surface area (Å²) in [5.74, 6) is 2.66. The van der Waals surface area contributed by atoms with Gasteiger partial charge in [0, 0.05) is 0 Å². The van der Waals surface area contributed by atoms with Gasteiger partial charge in [-0.1, -0.05) is 12.2 Å². The summed E-state index contributed by atoms with van der Waals surface area (Å²) in [5.41, 5.74) is 0. The van der Waals surface area contributed by atoms with Crippen molar-refractivity contribution in [1.82, 2.24) is 0 Å².